The summed E-state index contributed by atoms with van der Waals surface area (Å²) in [5, 5.41) is 12.5. The third-order valence-corrected chi connectivity index (χ3v) is 3.91. The van der Waals surface area contributed by atoms with Gasteiger partial charge in [-0.25, -0.2) is 0 Å². The summed E-state index contributed by atoms with van der Waals surface area (Å²) in [4.78, 5) is 14.1. The van der Waals surface area contributed by atoms with Gasteiger partial charge in [-0.1, -0.05) is 13.3 Å². The Hall–Kier alpha value is -0.610. The second-order valence-corrected chi connectivity index (χ2v) is 5.03. The second-order valence-electron chi connectivity index (χ2n) is 5.03. The van der Waals surface area contributed by atoms with E-state index >= 15 is 0 Å². The van der Waals surface area contributed by atoms with E-state index < -0.39 is 0 Å². The quantitative estimate of drug-likeness (QED) is 0.715. The average molecular weight is 226 g/mol. The molecule has 92 valence electrons. The van der Waals surface area contributed by atoms with Gasteiger partial charge >= 0.3 is 0 Å². The minimum absolute atomic E-state index is 0.145. The smallest absolute Gasteiger partial charge is 0.239 e. The van der Waals surface area contributed by atoms with Crippen LogP contribution in [0, 0.1) is 5.92 Å². The number of amides is 1. The predicted molar refractivity (Wildman–Crippen MR) is 62.0 cm³/mol. The van der Waals surface area contributed by atoms with E-state index in [9.17, 15) is 9.90 Å². The van der Waals surface area contributed by atoms with Crippen LogP contribution in [0.1, 0.15) is 32.6 Å². The van der Waals surface area contributed by atoms with E-state index in [4.69, 9.17) is 0 Å². The van der Waals surface area contributed by atoms with Crippen LogP contribution < -0.4 is 5.32 Å². The first-order chi connectivity index (χ1) is 7.70. The van der Waals surface area contributed by atoms with Crippen LogP contribution in [0.25, 0.3) is 0 Å². The van der Waals surface area contributed by atoms with Gasteiger partial charge in [-0.2, -0.15) is 0 Å². The molecule has 0 spiro atoms. The molecule has 2 atom stereocenters. The maximum absolute atomic E-state index is 12.1. The molecular weight excluding hydrogens is 204 g/mol. The lowest BCUT2D eigenvalue weighted by molar-refractivity contribution is -0.134. The standard InChI is InChI=1S/C12H22N2O2/c1-2-9-3-5-14(6-4-9)12(16)11-7-10(15)8-13-11/h9-11,13,15H,2-8H2,1H3. The second kappa shape index (κ2) is 5.15. The topological polar surface area (TPSA) is 52.6 Å². The summed E-state index contributed by atoms with van der Waals surface area (Å²) < 4.78 is 0. The van der Waals surface area contributed by atoms with Crippen molar-refractivity contribution in [2.45, 2.75) is 44.8 Å². The van der Waals surface area contributed by atoms with Crippen LogP contribution in [-0.2, 0) is 4.79 Å². The molecule has 2 N–H and O–H groups in total. The molecule has 0 aromatic heterocycles. The van der Waals surface area contributed by atoms with Gasteiger partial charge in [0.2, 0.25) is 5.91 Å². The molecule has 0 bridgehead atoms. The van der Waals surface area contributed by atoms with E-state index in [1.165, 1.54) is 6.42 Å². The fourth-order valence-electron chi connectivity index (χ4n) is 2.69. The Bertz CT molecular complexity index is 249. The van der Waals surface area contributed by atoms with Crippen molar-refractivity contribution in [1.82, 2.24) is 10.2 Å². The van der Waals surface area contributed by atoms with Crippen molar-refractivity contribution in [3.63, 3.8) is 0 Å². The Kier molecular flexibility index (Phi) is 3.82. The lowest BCUT2D eigenvalue weighted by Crippen LogP contribution is -2.46. The molecule has 2 unspecified atom stereocenters. The highest BCUT2D eigenvalue weighted by Crippen LogP contribution is 2.21. The summed E-state index contributed by atoms with van der Waals surface area (Å²) in [6.45, 7) is 4.57. The molecule has 0 aliphatic carbocycles. The van der Waals surface area contributed by atoms with Crippen LogP contribution in [0.5, 0.6) is 0 Å². The maximum Gasteiger partial charge on any atom is 0.239 e. The zero-order chi connectivity index (χ0) is 11.5. The van der Waals surface area contributed by atoms with Gasteiger partial charge < -0.3 is 15.3 Å². The fourth-order valence-corrected chi connectivity index (χ4v) is 2.69. The summed E-state index contributed by atoms with van der Waals surface area (Å²) in [5.41, 5.74) is 0. The zero-order valence-corrected chi connectivity index (χ0v) is 9.98. The van der Waals surface area contributed by atoms with Crippen molar-refractivity contribution in [3.8, 4) is 0 Å². The van der Waals surface area contributed by atoms with Gasteiger partial charge in [-0.15, -0.1) is 0 Å². The molecule has 0 saturated carbocycles. The van der Waals surface area contributed by atoms with Crippen molar-refractivity contribution >= 4 is 5.91 Å². The van der Waals surface area contributed by atoms with Gasteiger partial charge in [0.1, 0.15) is 0 Å². The van der Waals surface area contributed by atoms with Gasteiger partial charge in [-0.05, 0) is 25.2 Å². The normalized spacial score (nSPS) is 32.0. The number of nitrogens with one attached hydrogen (secondary N) is 1. The van der Waals surface area contributed by atoms with Crippen molar-refractivity contribution in [1.29, 1.82) is 0 Å². The SMILES string of the molecule is CCC1CCN(C(=O)C2CC(O)CN2)CC1. The Morgan fingerprint density at radius 1 is 1.44 bits per heavy atom. The van der Waals surface area contributed by atoms with Gasteiger partial charge in [0.05, 0.1) is 12.1 Å². The summed E-state index contributed by atoms with van der Waals surface area (Å²) in [5.74, 6) is 0.984. The first kappa shape index (κ1) is 11.9. The molecule has 0 radical (unpaired) electrons. The third-order valence-electron chi connectivity index (χ3n) is 3.91. The summed E-state index contributed by atoms with van der Waals surface area (Å²) in [7, 11) is 0. The van der Waals surface area contributed by atoms with E-state index in [1.54, 1.807) is 0 Å². The van der Waals surface area contributed by atoms with E-state index in [1.807, 2.05) is 4.90 Å². The monoisotopic (exact) mass is 226 g/mol. The molecule has 2 heterocycles. The number of piperidine rings is 1. The zero-order valence-electron chi connectivity index (χ0n) is 9.98. The van der Waals surface area contributed by atoms with Crippen molar-refractivity contribution in [2.75, 3.05) is 19.6 Å². The molecule has 2 aliphatic heterocycles. The van der Waals surface area contributed by atoms with Gasteiger partial charge in [0.25, 0.3) is 0 Å². The highest BCUT2D eigenvalue weighted by molar-refractivity contribution is 5.82. The molecule has 2 aliphatic rings. The largest absolute Gasteiger partial charge is 0.392 e. The average Bonchev–Trinajstić information content (AvgIpc) is 2.75. The van der Waals surface area contributed by atoms with Crippen LogP contribution in [0.2, 0.25) is 0 Å². The van der Waals surface area contributed by atoms with E-state index in [2.05, 4.69) is 12.2 Å². The Morgan fingerprint density at radius 2 is 2.12 bits per heavy atom. The molecule has 2 fully saturated rings. The van der Waals surface area contributed by atoms with Crippen molar-refractivity contribution in [2.24, 2.45) is 5.92 Å². The summed E-state index contributed by atoms with van der Waals surface area (Å²) in [6.07, 6.45) is 3.73. The molecular formula is C12H22N2O2. The van der Waals surface area contributed by atoms with Gasteiger partial charge in [0, 0.05) is 19.6 Å². The number of β-amino-alcohol motifs (C(OH)–C–C–N with tert-alkyl or cyclic N) is 1. The fraction of sp³-hybridized carbons (Fsp3) is 0.917. The number of nitrogens with zero attached hydrogens (tertiary/aromatic N) is 1. The van der Waals surface area contributed by atoms with Crippen molar-refractivity contribution < 1.29 is 9.90 Å². The summed E-state index contributed by atoms with van der Waals surface area (Å²) in [6, 6.07) is -0.145. The van der Waals surface area contributed by atoms with E-state index in [0.717, 1.165) is 31.8 Å². The molecule has 16 heavy (non-hydrogen) atoms. The number of aliphatic hydroxyl groups excluding tert-OH is 1. The first-order valence-electron chi connectivity index (χ1n) is 6.41. The molecule has 0 aromatic rings. The summed E-state index contributed by atoms with van der Waals surface area (Å²) >= 11 is 0. The minimum atomic E-state index is -0.345. The third kappa shape index (κ3) is 2.55. The molecule has 1 amide bonds. The molecule has 2 rings (SSSR count). The molecule has 2 saturated heterocycles. The molecule has 4 heteroatoms. The van der Waals surface area contributed by atoms with Gasteiger partial charge in [0.15, 0.2) is 0 Å². The van der Waals surface area contributed by atoms with Crippen LogP contribution in [-0.4, -0.2) is 47.7 Å². The Morgan fingerprint density at radius 3 is 2.62 bits per heavy atom. The van der Waals surface area contributed by atoms with Crippen LogP contribution >= 0.6 is 0 Å². The van der Waals surface area contributed by atoms with Crippen LogP contribution in [0.15, 0.2) is 0 Å². The maximum atomic E-state index is 12.1. The number of hydrogen-bond acceptors (Lipinski definition) is 3. The number of carbonyl (C=O) groups is 1. The number of aliphatic hydroxyl groups is 1. The Balaban J connectivity index is 1.82. The lowest BCUT2D eigenvalue weighted by Gasteiger charge is -2.33. The Labute approximate surface area is 97.0 Å². The van der Waals surface area contributed by atoms with E-state index in [0.29, 0.717) is 13.0 Å². The highest BCUT2D eigenvalue weighted by atomic mass is 16.3. The first-order valence-corrected chi connectivity index (χ1v) is 6.41. The van der Waals surface area contributed by atoms with Gasteiger partial charge in [-0.3, -0.25) is 4.79 Å². The van der Waals surface area contributed by atoms with Crippen LogP contribution in [0.3, 0.4) is 0 Å². The highest BCUT2D eigenvalue weighted by Gasteiger charge is 2.32. The number of hydrogen-bond donors (Lipinski definition) is 2. The lowest BCUT2D eigenvalue weighted by atomic mass is 9.94. The van der Waals surface area contributed by atoms with Crippen LogP contribution in [0.4, 0.5) is 0 Å². The number of likely N-dealkylation sites (tertiary alicyclic amines) is 1. The number of carbonyl (C=O) groups excluding carboxylic acids is 1. The predicted octanol–water partition coefficient (Wildman–Crippen LogP) is 0.358. The van der Waals surface area contributed by atoms with E-state index in [-0.39, 0.29) is 18.1 Å². The number of rotatable bonds is 2. The minimum Gasteiger partial charge on any atom is -0.392 e. The molecule has 0 aromatic carbocycles. The van der Waals surface area contributed by atoms with Crippen molar-refractivity contribution in [3.05, 3.63) is 0 Å². The molecule has 4 nitrogen and oxygen atoms in total.